The van der Waals surface area contributed by atoms with Gasteiger partial charge in [0.15, 0.2) is 0 Å². The third kappa shape index (κ3) is 10.7. The molecule has 0 amide bonds. The Morgan fingerprint density at radius 3 is 2.22 bits per heavy atom. The van der Waals surface area contributed by atoms with E-state index in [2.05, 4.69) is 28.6 Å². The minimum Gasteiger partial charge on any atom is -0.861 e. The molecule has 0 aliphatic carbocycles. The number of carboxylic acids is 1. The fraction of sp³-hybridized carbons (Fsp3) is 0.417. The zero-order valence-corrected chi connectivity index (χ0v) is 29.0. The van der Waals surface area contributed by atoms with Gasteiger partial charge in [-0.15, -0.1) is 0 Å². The van der Waals surface area contributed by atoms with E-state index in [1.165, 1.54) is 0 Å². The van der Waals surface area contributed by atoms with E-state index >= 15 is 0 Å². The van der Waals surface area contributed by atoms with Crippen LogP contribution in [0.2, 0.25) is 12.6 Å². The molecule has 3 aromatic carbocycles. The van der Waals surface area contributed by atoms with Crippen molar-refractivity contribution in [3.8, 4) is 0 Å². The number of carbonyl (C=O) groups is 1. The molecular formula is C36H45N3NiO5Si. The Kier molecular flexibility index (Phi) is 15.3. The van der Waals surface area contributed by atoms with Crippen molar-refractivity contribution in [2.45, 2.75) is 77.2 Å². The van der Waals surface area contributed by atoms with Gasteiger partial charge in [0.2, 0.25) is 0 Å². The second-order valence-electron chi connectivity index (χ2n) is 11.5. The Morgan fingerprint density at radius 1 is 0.935 bits per heavy atom. The maximum atomic E-state index is 13.6. The fourth-order valence-corrected chi connectivity index (χ4v) is 8.43. The first kappa shape index (κ1) is 37.3. The zero-order chi connectivity index (χ0) is 32.1. The first-order valence-electron chi connectivity index (χ1n) is 16.1. The monoisotopic (exact) mass is 685 g/mol. The van der Waals surface area contributed by atoms with E-state index in [1.807, 2.05) is 80.6 Å². The summed E-state index contributed by atoms with van der Waals surface area (Å²) in [6.45, 7) is 8.68. The molecule has 0 spiro atoms. The maximum Gasteiger partial charge on any atom is 2.00 e. The van der Waals surface area contributed by atoms with Crippen LogP contribution in [0, 0.1) is 0 Å². The van der Waals surface area contributed by atoms with Crippen LogP contribution in [0.5, 0.6) is 0 Å². The maximum absolute atomic E-state index is 13.6. The van der Waals surface area contributed by atoms with Gasteiger partial charge in [0.05, 0.1) is 23.4 Å². The van der Waals surface area contributed by atoms with E-state index in [9.17, 15) is 15.0 Å². The van der Waals surface area contributed by atoms with Gasteiger partial charge in [0.25, 0.3) is 0 Å². The Bertz CT molecular complexity index is 1420. The Labute approximate surface area is 284 Å². The fourth-order valence-electron chi connectivity index (χ4n) is 5.94. The van der Waals surface area contributed by atoms with Crippen LogP contribution in [0.15, 0.2) is 94.9 Å². The molecule has 8 nitrogen and oxygen atoms in total. The third-order valence-corrected chi connectivity index (χ3v) is 11.2. The molecule has 1 saturated heterocycles. The number of hydrogen-bond donors (Lipinski definition) is 0. The van der Waals surface area contributed by atoms with Crippen LogP contribution in [-0.2, 0) is 36.7 Å². The molecule has 46 heavy (non-hydrogen) atoms. The number of unbranched alkanes of at least 4 members (excludes halogenated alkanes) is 1. The number of benzene rings is 3. The number of hydrogen-bond acceptors (Lipinski definition) is 8. The van der Waals surface area contributed by atoms with Crippen LogP contribution >= 0.6 is 0 Å². The quantitative estimate of drug-likeness (QED) is 0.0856. The predicted octanol–water partition coefficient (Wildman–Crippen LogP) is 5.01. The van der Waals surface area contributed by atoms with Crippen LogP contribution in [0.3, 0.4) is 0 Å². The number of carbonyl (C=O) groups excluding carboxylic acids is 1. The number of rotatable bonds is 17. The molecule has 2 atom stereocenters. The van der Waals surface area contributed by atoms with Crippen molar-refractivity contribution in [1.29, 1.82) is 0 Å². The summed E-state index contributed by atoms with van der Waals surface area (Å²) < 4.78 is 11.9. The third-order valence-electron chi connectivity index (χ3n) is 8.13. The Balaban J connectivity index is 0.00000576. The van der Waals surface area contributed by atoms with Gasteiger partial charge < -0.3 is 23.9 Å². The molecule has 0 N–H and O–H groups in total. The predicted molar refractivity (Wildman–Crippen MR) is 178 cm³/mol. The molecule has 1 aliphatic rings. The van der Waals surface area contributed by atoms with Crippen molar-refractivity contribution >= 4 is 31.8 Å². The summed E-state index contributed by atoms with van der Waals surface area (Å²) >= 11 is 0. The van der Waals surface area contributed by atoms with Crippen LogP contribution in [-0.4, -0.2) is 62.9 Å². The molecule has 1 fully saturated rings. The van der Waals surface area contributed by atoms with Crippen LogP contribution in [0.25, 0.3) is 0 Å². The molecule has 3 aromatic rings. The summed E-state index contributed by atoms with van der Waals surface area (Å²) in [6.07, 6.45) is 3.40. The molecule has 0 radical (unpaired) electrons. The van der Waals surface area contributed by atoms with Crippen molar-refractivity contribution < 1.29 is 40.4 Å². The molecule has 1 aliphatic heterocycles. The Hall–Kier alpha value is -3.14. The minimum absolute atomic E-state index is 0. The van der Waals surface area contributed by atoms with Gasteiger partial charge in [-0.3, -0.25) is 14.9 Å². The average molecular weight is 687 g/mol. The first-order chi connectivity index (χ1) is 21.8. The van der Waals surface area contributed by atoms with Gasteiger partial charge in [-0.2, -0.15) is 0 Å². The molecule has 0 unspecified atom stereocenters. The molecule has 0 aromatic heterocycles. The molecule has 10 heteroatoms. The van der Waals surface area contributed by atoms with E-state index in [-0.39, 0.29) is 28.4 Å². The average Bonchev–Trinajstić information content (AvgIpc) is 3.50. The van der Waals surface area contributed by atoms with E-state index in [0.29, 0.717) is 49.6 Å². The van der Waals surface area contributed by atoms with Crippen LogP contribution < -0.4 is 10.2 Å². The molecule has 1 heterocycles. The Morgan fingerprint density at radius 2 is 1.57 bits per heavy atom. The van der Waals surface area contributed by atoms with E-state index < -0.39 is 20.6 Å². The normalized spacial score (nSPS) is 16.6. The van der Waals surface area contributed by atoms with Crippen molar-refractivity contribution in [3.05, 3.63) is 102 Å². The van der Waals surface area contributed by atoms with Gasteiger partial charge in [0, 0.05) is 36.9 Å². The number of carboxylic acid groups (broad SMARTS) is 1. The summed E-state index contributed by atoms with van der Waals surface area (Å²) in [5.74, 6) is -1.43. The summed E-state index contributed by atoms with van der Waals surface area (Å²) in [6, 6.07) is 26.3. The molecule has 0 bridgehead atoms. The number of aliphatic imine (C=N–C) groups is 2. The van der Waals surface area contributed by atoms with Crippen LogP contribution in [0.4, 0.5) is 5.69 Å². The molecule has 4 rings (SSSR count). The van der Waals surface area contributed by atoms with Crippen molar-refractivity contribution in [1.82, 2.24) is 4.90 Å². The summed E-state index contributed by atoms with van der Waals surface area (Å²) in [7, 11) is -2.29. The number of likely N-dealkylation sites (tertiary alicyclic amines) is 1. The standard InChI is InChI=1S/C36H47N3O5Si.Ni/c1-4-43-45(3,44-5-2)26-15-14-23-32(36(41)42)37-34(29-19-10-7-11-20-29)30-21-12-13-22-31(30)38-35(40)33-24-16-25-39(33)27-28-17-8-6-9-18-28;/h6-13,17-22,32-33H,4-5,14-16,23-27H2,1-3H3,(H,38,40)(H,41,42);/q;+2/p-2/t32-,33-;/m0./s1. The van der Waals surface area contributed by atoms with Crippen molar-refractivity contribution in [2.24, 2.45) is 9.98 Å². The zero-order valence-electron chi connectivity index (χ0n) is 27.0. The van der Waals surface area contributed by atoms with Gasteiger partial charge in [-0.05, 0) is 69.8 Å². The van der Waals surface area contributed by atoms with Gasteiger partial charge in [-0.25, -0.2) is 0 Å². The molecule has 248 valence electrons. The second kappa shape index (κ2) is 18.9. The molecular weight excluding hydrogens is 641 g/mol. The van der Waals surface area contributed by atoms with Gasteiger partial charge >= 0.3 is 25.1 Å². The topological polar surface area (TPSA) is 110 Å². The number of para-hydroxylation sites is 1. The summed E-state index contributed by atoms with van der Waals surface area (Å²) in [4.78, 5) is 24.0. The van der Waals surface area contributed by atoms with Gasteiger partial charge in [0.1, 0.15) is 0 Å². The van der Waals surface area contributed by atoms with Gasteiger partial charge in [-0.1, -0.05) is 91.7 Å². The first-order valence-corrected chi connectivity index (χ1v) is 18.6. The minimum atomic E-state index is -2.29. The molecule has 0 saturated carbocycles. The van der Waals surface area contributed by atoms with E-state index in [0.717, 1.165) is 43.0 Å². The number of nitrogens with zero attached hydrogens (tertiary/aromatic N) is 3. The largest absolute Gasteiger partial charge is 2.00 e. The SMILES string of the molecule is CCO[Si](C)(CCCC[C@H](N=C(c1ccccc1)c1ccccc1N=C([O-])[C@@H]1CCCN1Cc1ccccc1)C(=O)[O-])OCC.[Ni+2]. The second-order valence-corrected chi connectivity index (χ2v) is 14.9. The summed E-state index contributed by atoms with van der Waals surface area (Å²) in [5, 5.41) is 26.0. The smallest absolute Gasteiger partial charge is 0.861 e. The summed E-state index contributed by atoms with van der Waals surface area (Å²) in [5.41, 5.74) is 3.48. The van der Waals surface area contributed by atoms with Crippen molar-refractivity contribution in [3.63, 3.8) is 0 Å². The van der Waals surface area contributed by atoms with E-state index in [4.69, 9.17) is 13.8 Å². The van der Waals surface area contributed by atoms with E-state index in [1.54, 1.807) is 6.07 Å². The van der Waals surface area contributed by atoms with Crippen molar-refractivity contribution in [2.75, 3.05) is 19.8 Å². The van der Waals surface area contributed by atoms with Crippen LogP contribution in [0.1, 0.15) is 62.6 Å². The number of aliphatic carboxylic acids is 1.